The molecule has 1 heterocycles. The third-order valence-electron chi connectivity index (χ3n) is 2.26. The highest BCUT2D eigenvalue weighted by atomic mass is 35.5. The lowest BCUT2D eigenvalue weighted by Crippen LogP contribution is -2.05. The summed E-state index contributed by atoms with van der Waals surface area (Å²) in [5.41, 5.74) is 1.11. The van der Waals surface area contributed by atoms with Crippen LogP contribution < -0.4 is 0 Å². The topological polar surface area (TPSA) is 72.3 Å². The number of phenolic OH excluding ortho intramolecular Hbond substituents is 1. The number of aromatic nitrogens is 2. The van der Waals surface area contributed by atoms with Crippen LogP contribution in [-0.2, 0) is 4.74 Å². The van der Waals surface area contributed by atoms with E-state index in [0.717, 1.165) is 0 Å². The van der Waals surface area contributed by atoms with Gasteiger partial charge in [-0.05, 0) is 18.2 Å². The lowest BCUT2D eigenvalue weighted by molar-refractivity contribution is 0.0593. The molecule has 0 atom stereocenters. The van der Waals surface area contributed by atoms with Crippen LogP contribution in [0.3, 0.4) is 0 Å². The van der Waals surface area contributed by atoms with E-state index >= 15 is 0 Å². The van der Waals surface area contributed by atoms with E-state index < -0.39 is 5.97 Å². The molecule has 0 amide bonds. The minimum Gasteiger partial charge on any atom is -0.508 e. The Kier molecular flexibility index (Phi) is 3.43. The zero-order valence-corrected chi connectivity index (χ0v) is 10.2. The summed E-state index contributed by atoms with van der Waals surface area (Å²) in [4.78, 5) is 19.3. The summed E-state index contributed by atoms with van der Waals surface area (Å²) in [6.45, 7) is 0. The fourth-order valence-corrected chi connectivity index (χ4v) is 1.68. The molecule has 0 unspecified atom stereocenters. The monoisotopic (exact) mass is 264 g/mol. The van der Waals surface area contributed by atoms with E-state index in [1.165, 1.54) is 31.6 Å². The summed E-state index contributed by atoms with van der Waals surface area (Å²) in [5, 5.41) is 9.60. The molecule has 2 aromatic rings. The van der Waals surface area contributed by atoms with Gasteiger partial charge in [0.25, 0.3) is 0 Å². The van der Waals surface area contributed by atoms with Crippen LogP contribution in [-0.4, -0.2) is 28.2 Å². The number of halogens is 1. The van der Waals surface area contributed by atoms with E-state index in [0.29, 0.717) is 16.3 Å². The number of ether oxygens (including phenoxy) is 1. The van der Waals surface area contributed by atoms with Crippen molar-refractivity contribution < 1.29 is 14.6 Å². The number of phenols is 1. The van der Waals surface area contributed by atoms with Gasteiger partial charge in [0.1, 0.15) is 5.75 Å². The molecule has 1 aromatic carbocycles. The fraction of sp³-hybridized carbons (Fsp3) is 0.0833. The first-order valence-corrected chi connectivity index (χ1v) is 5.39. The predicted molar refractivity (Wildman–Crippen MR) is 65.5 cm³/mol. The average Bonchev–Trinajstić information content (AvgIpc) is 2.38. The van der Waals surface area contributed by atoms with E-state index in [2.05, 4.69) is 14.7 Å². The SMILES string of the molecule is COC(=O)c1cncc(-c2ccc(O)cc2Cl)n1. The molecule has 0 saturated carbocycles. The van der Waals surface area contributed by atoms with E-state index in [1.807, 2.05) is 0 Å². The summed E-state index contributed by atoms with van der Waals surface area (Å²) in [6, 6.07) is 4.47. The van der Waals surface area contributed by atoms with Crippen molar-refractivity contribution in [2.75, 3.05) is 7.11 Å². The molecule has 0 spiro atoms. The van der Waals surface area contributed by atoms with Crippen LogP contribution in [0.5, 0.6) is 5.75 Å². The number of carbonyl (C=O) groups is 1. The van der Waals surface area contributed by atoms with Gasteiger partial charge >= 0.3 is 5.97 Å². The Balaban J connectivity index is 2.48. The third-order valence-corrected chi connectivity index (χ3v) is 2.57. The van der Waals surface area contributed by atoms with Gasteiger partial charge in [-0.1, -0.05) is 11.6 Å². The normalized spacial score (nSPS) is 10.1. The van der Waals surface area contributed by atoms with Crippen molar-refractivity contribution in [2.24, 2.45) is 0 Å². The molecule has 0 radical (unpaired) electrons. The van der Waals surface area contributed by atoms with Gasteiger partial charge in [0.2, 0.25) is 0 Å². The standard InChI is InChI=1S/C12H9ClN2O3/c1-18-12(17)11-6-14-5-10(15-11)8-3-2-7(16)4-9(8)13/h2-6,16H,1H3. The lowest BCUT2D eigenvalue weighted by atomic mass is 10.1. The van der Waals surface area contributed by atoms with Crippen molar-refractivity contribution in [3.8, 4) is 17.0 Å². The van der Waals surface area contributed by atoms with E-state index in [4.69, 9.17) is 11.6 Å². The molecule has 0 aliphatic carbocycles. The van der Waals surface area contributed by atoms with Crippen molar-refractivity contribution in [3.63, 3.8) is 0 Å². The first kappa shape index (κ1) is 12.3. The molecule has 0 aliphatic heterocycles. The van der Waals surface area contributed by atoms with Crippen molar-refractivity contribution >= 4 is 17.6 Å². The Morgan fingerprint density at radius 1 is 1.39 bits per heavy atom. The second-order valence-corrected chi connectivity index (χ2v) is 3.85. The number of nitrogens with zero attached hydrogens (tertiary/aromatic N) is 2. The Bertz CT molecular complexity index is 602. The second-order valence-electron chi connectivity index (χ2n) is 3.45. The average molecular weight is 265 g/mol. The Morgan fingerprint density at radius 2 is 2.17 bits per heavy atom. The first-order valence-electron chi connectivity index (χ1n) is 5.01. The molecule has 5 nitrogen and oxygen atoms in total. The number of hydrogen-bond donors (Lipinski definition) is 1. The van der Waals surface area contributed by atoms with Crippen LogP contribution >= 0.6 is 11.6 Å². The Morgan fingerprint density at radius 3 is 2.83 bits per heavy atom. The molecule has 0 saturated heterocycles. The third kappa shape index (κ3) is 2.41. The molecule has 1 N–H and O–H groups in total. The molecule has 92 valence electrons. The number of methoxy groups -OCH3 is 1. The number of aromatic hydroxyl groups is 1. The van der Waals surface area contributed by atoms with Crippen molar-refractivity contribution in [3.05, 3.63) is 41.3 Å². The smallest absolute Gasteiger partial charge is 0.358 e. The zero-order chi connectivity index (χ0) is 13.1. The molecule has 18 heavy (non-hydrogen) atoms. The van der Waals surface area contributed by atoms with E-state index in [1.54, 1.807) is 6.07 Å². The lowest BCUT2D eigenvalue weighted by Gasteiger charge is -2.05. The molecule has 0 aliphatic rings. The summed E-state index contributed by atoms with van der Waals surface area (Å²) in [5.74, 6) is -0.514. The van der Waals surface area contributed by atoms with Crippen molar-refractivity contribution in [1.82, 2.24) is 9.97 Å². The Hall–Kier alpha value is -2.14. The van der Waals surface area contributed by atoms with Gasteiger partial charge in [-0.2, -0.15) is 0 Å². The van der Waals surface area contributed by atoms with Crippen LogP contribution in [0.2, 0.25) is 5.02 Å². The van der Waals surface area contributed by atoms with Crippen LogP contribution in [0.1, 0.15) is 10.5 Å². The highest BCUT2D eigenvalue weighted by Gasteiger charge is 2.11. The van der Waals surface area contributed by atoms with Crippen LogP contribution in [0.25, 0.3) is 11.3 Å². The Labute approximate surface area is 108 Å². The van der Waals surface area contributed by atoms with E-state index in [-0.39, 0.29) is 11.4 Å². The largest absolute Gasteiger partial charge is 0.508 e. The maximum Gasteiger partial charge on any atom is 0.358 e. The summed E-state index contributed by atoms with van der Waals surface area (Å²) >= 11 is 5.99. The van der Waals surface area contributed by atoms with Gasteiger partial charge in [0.15, 0.2) is 5.69 Å². The maximum absolute atomic E-state index is 11.3. The number of benzene rings is 1. The number of rotatable bonds is 2. The van der Waals surface area contributed by atoms with Crippen molar-refractivity contribution in [2.45, 2.75) is 0 Å². The highest BCUT2D eigenvalue weighted by molar-refractivity contribution is 6.33. The molecular weight excluding hydrogens is 256 g/mol. The minimum atomic E-state index is -0.570. The number of esters is 1. The van der Waals surface area contributed by atoms with Crippen molar-refractivity contribution in [1.29, 1.82) is 0 Å². The van der Waals surface area contributed by atoms with Gasteiger partial charge in [0.05, 0.1) is 30.2 Å². The number of carbonyl (C=O) groups excluding carboxylic acids is 1. The van der Waals surface area contributed by atoms with Gasteiger partial charge in [0, 0.05) is 5.56 Å². The minimum absolute atomic E-state index is 0.0563. The highest BCUT2D eigenvalue weighted by Crippen LogP contribution is 2.29. The van der Waals surface area contributed by atoms with Gasteiger partial charge < -0.3 is 9.84 Å². The molecular formula is C12H9ClN2O3. The fourth-order valence-electron chi connectivity index (χ4n) is 1.41. The first-order chi connectivity index (χ1) is 8.61. The maximum atomic E-state index is 11.3. The quantitative estimate of drug-likeness (QED) is 0.843. The molecule has 2 rings (SSSR count). The van der Waals surface area contributed by atoms with Gasteiger partial charge in [-0.25, -0.2) is 9.78 Å². The van der Waals surface area contributed by atoms with Gasteiger partial charge in [-0.3, -0.25) is 4.98 Å². The van der Waals surface area contributed by atoms with Crippen LogP contribution in [0.15, 0.2) is 30.6 Å². The van der Waals surface area contributed by atoms with Crippen LogP contribution in [0.4, 0.5) is 0 Å². The molecule has 1 aromatic heterocycles. The summed E-state index contributed by atoms with van der Waals surface area (Å²) in [7, 11) is 1.27. The van der Waals surface area contributed by atoms with Crippen LogP contribution in [0, 0.1) is 0 Å². The molecule has 6 heteroatoms. The predicted octanol–water partition coefficient (Wildman–Crippen LogP) is 2.29. The molecule has 0 bridgehead atoms. The number of hydrogen-bond acceptors (Lipinski definition) is 5. The second kappa shape index (κ2) is 5.01. The van der Waals surface area contributed by atoms with E-state index in [9.17, 15) is 9.90 Å². The summed E-state index contributed by atoms with van der Waals surface area (Å²) in [6.07, 6.45) is 2.79. The molecule has 0 fully saturated rings. The zero-order valence-electron chi connectivity index (χ0n) is 9.42. The van der Waals surface area contributed by atoms with Gasteiger partial charge in [-0.15, -0.1) is 0 Å². The summed E-state index contributed by atoms with van der Waals surface area (Å²) < 4.78 is 4.56.